The maximum Gasteiger partial charge on any atom is 0.127 e. The average molecular weight is 344 g/mol. The van der Waals surface area contributed by atoms with Gasteiger partial charge >= 0.3 is 0 Å². The standard InChI is InChI=1S/C20H29FN4/c1-3-5-7-22-9-11-24(16-22)19-13-18(21)14-20(15-19)25-12-10-23(17-25)8-6-4-2/h9-15H,3-8,16-17H2,1-2H3. The van der Waals surface area contributed by atoms with Crippen LogP contribution >= 0.6 is 0 Å². The van der Waals surface area contributed by atoms with E-state index in [-0.39, 0.29) is 5.82 Å². The van der Waals surface area contributed by atoms with Gasteiger partial charge in [-0.1, -0.05) is 26.7 Å². The highest BCUT2D eigenvalue weighted by Crippen LogP contribution is 2.28. The predicted octanol–water partition coefficient (Wildman–Crippen LogP) is 4.53. The van der Waals surface area contributed by atoms with Crippen molar-refractivity contribution >= 4 is 11.4 Å². The molecule has 0 spiro atoms. The molecule has 0 aliphatic carbocycles. The minimum absolute atomic E-state index is 0.187. The summed E-state index contributed by atoms with van der Waals surface area (Å²) >= 11 is 0. The summed E-state index contributed by atoms with van der Waals surface area (Å²) in [5.74, 6) is -0.187. The van der Waals surface area contributed by atoms with Gasteiger partial charge in [0, 0.05) is 49.3 Å². The molecular formula is C20H29FN4. The molecule has 0 saturated carbocycles. The Labute approximate surface area is 150 Å². The lowest BCUT2D eigenvalue weighted by atomic mass is 10.2. The summed E-state index contributed by atoms with van der Waals surface area (Å²) in [6.07, 6.45) is 13.0. The van der Waals surface area contributed by atoms with Gasteiger partial charge in [0.05, 0.1) is 13.3 Å². The summed E-state index contributed by atoms with van der Waals surface area (Å²) < 4.78 is 14.2. The Hall–Kier alpha value is -2.17. The molecule has 1 aromatic rings. The van der Waals surface area contributed by atoms with Crippen LogP contribution in [0.1, 0.15) is 39.5 Å². The third-order valence-electron chi connectivity index (χ3n) is 4.71. The predicted molar refractivity (Wildman–Crippen MR) is 103 cm³/mol. The molecule has 2 heterocycles. The van der Waals surface area contributed by atoms with Crippen molar-refractivity contribution < 1.29 is 4.39 Å². The third kappa shape index (κ3) is 4.47. The minimum Gasteiger partial charge on any atom is -0.358 e. The van der Waals surface area contributed by atoms with Crippen molar-refractivity contribution in [2.24, 2.45) is 0 Å². The first-order chi connectivity index (χ1) is 12.2. The topological polar surface area (TPSA) is 13.0 Å². The monoisotopic (exact) mass is 344 g/mol. The maximum atomic E-state index is 14.2. The van der Waals surface area contributed by atoms with Gasteiger partial charge in [-0.05, 0) is 31.0 Å². The van der Waals surface area contributed by atoms with Gasteiger partial charge in [-0.25, -0.2) is 4.39 Å². The Balaban J connectivity index is 1.66. The number of rotatable bonds is 8. The van der Waals surface area contributed by atoms with Crippen LogP contribution in [0.15, 0.2) is 43.0 Å². The highest BCUT2D eigenvalue weighted by atomic mass is 19.1. The van der Waals surface area contributed by atoms with Crippen molar-refractivity contribution in [3.8, 4) is 0 Å². The number of halogens is 1. The zero-order chi connectivity index (χ0) is 17.6. The fraction of sp³-hybridized carbons (Fsp3) is 0.500. The first-order valence-electron chi connectivity index (χ1n) is 9.38. The van der Waals surface area contributed by atoms with Crippen LogP contribution in [0, 0.1) is 5.82 Å². The lowest BCUT2D eigenvalue weighted by molar-refractivity contribution is 0.395. The van der Waals surface area contributed by atoms with Crippen LogP contribution in [-0.4, -0.2) is 36.2 Å². The number of hydrogen-bond donors (Lipinski definition) is 0. The van der Waals surface area contributed by atoms with E-state index in [2.05, 4.69) is 51.9 Å². The highest BCUT2D eigenvalue weighted by molar-refractivity contribution is 5.63. The Morgan fingerprint density at radius 1 is 0.760 bits per heavy atom. The molecule has 1 aromatic carbocycles. The molecule has 3 rings (SSSR count). The number of unbranched alkanes of at least 4 members (excludes halogenated alkanes) is 2. The Morgan fingerprint density at radius 3 is 1.68 bits per heavy atom. The van der Waals surface area contributed by atoms with E-state index < -0.39 is 0 Å². The molecule has 2 aliphatic heterocycles. The molecule has 4 nitrogen and oxygen atoms in total. The molecule has 0 bridgehead atoms. The summed E-state index contributed by atoms with van der Waals surface area (Å²) in [6.45, 7) is 8.08. The van der Waals surface area contributed by atoms with Crippen molar-refractivity contribution in [1.82, 2.24) is 9.80 Å². The summed E-state index contributed by atoms with van der Waals surface area (Å²) in [7, 11) is 0. The van der Waals surface area contributed by atoms with Crippen LogP contribution in [-0.2, 0) is 0 Å². The number of hydrogen-bond acceptors (Lipinski definition) is 4. The second-order valence-electron chi connectivity index (χ2n) is 6.82. The van der Waals surface area contributed by atoms with E-state index in [1.807, 2.05) is 12.4 Å². The van der Waals surface area contributed by atoms with E-state index in [0.29, 0.717) is 0 Å². The van der Waals surface area contributed by atoms with Crippen LogP contribution in [0.3, 0.4) is 0 Å². The Bertz CT molecular complexity index is 578. The van der Waals surface area contributed by atoms with Crippen molar-refractivity contribution in [2.45, 2.75) is 39.5 Å². The lowest BCUT2D eigenvalue weighted by Crippen LogP contribution is -2.27. The van der Waals surface area contributed by atoms with Crippen LogP contribution in [0.25, 0.3) is 0 Å². The average Bonchev–Trinajstić information content (AvgIpc) is 3.27. The van der Waals surface area contributed by atoms with Gasteiger partial charge in [-0.15, -0.1) is 0 Å². The quantitative estimate of drug-likeness (QED) is 0.687. The Kier molecular flexibility index (Phi) is 5.84. The van der Waals surface area contributed by atoms with Gasteiger partial charge in [-0.2, -0.15) is 0 Å². The fourth-order valence-electron chi connectivity index (χ4n) is 3.17. The second kappa shape index (κ2) is 8.28. The molecule has 25 heavy (non-hydrogen) atoms. The van der Waals surface area contributed by atoms with Crippen LogP contribution in [0.2, 0.25) is 0 Å². The molecule has 136 valence electrons. The smallest absolute Gasteiger partial charge is 0.127 e. The number of nitrogens with zero attached hydrogens (tertiary/aromatic N) is 4. The Morgan fingerprint density at radius 2 is 1.24 bits per heavy atom. The molecule has 0 aromatic heterocycles. The molecule has 0 amide bonds. The number of anilines is 2. The third-order valence-corrected chi connectivity index (χ3v) is 4.71. The SMILES string of the molecule is CCCCN1C=CN(c2cc(F)cc(N3C=CN(CCCC)C3)c2)C1. The van der Waals surface area contributed by atoms with Gasteiger partial charge in [0.15, 0.2) is 0 Å². The van der Waals surface area contributed by atoms with E-state index in [0.717, 1.165) is 37.8 Å². The summed E-state index contributed by atoms with van der Waals surface area (Å²) in [5.41, 5.74) is 1.82. The first-order valence-corrected chi connectivity index (χ1v) is 9.38. The van der Waals surface area contributed by atoms with Gasteiger partial charge < -0.3 is 19.6 Å². The van der Waals surface area contributed by atoms with Crippen molar-refractivity contribution in [2.75, 3.05) is 36.2 Å². The molecule has 0 N–H and O–H groups in total. The van der Waals surface area contributed by atoms with E-state index in [4.69, 9.17) is 0 Å². The summed E-state index contributed by atoms with van der Waals surface area (Å²) in [6, 6.07) is 5.31. The molecule has 2 aliphatic rings. The van der Waals surface area contributed by atoms with E-state index in [9.17, 15) is 4.39 Å². The molecule has 0 radical (unpaired) electrons. The zero-order valence-corrected chi connectivity index (χ0v) is 15.4. The maximum absolute atomic E-state index is 14.2. The fourth-order valence-corrected chi connectivity index (χ4v) is 3.17. The normalized spacial score (nSPS) is 16.6. The molecule has 0 saturated heterocycles. The van der Waals surface area contributed by atoms with E-state index in [1.165, 1.54) is 25.7 Å². The number of benzene rings is 1. The van der Waals surface area contributed by atoms with Crippen LogP contribution in [0.5, 0.6) is 0 Å². The summed E-state index contributed by atoms with van der Waals surface area (Å²) in [4.78, 5) is 8.76. The molecule has 0 unspecified atom stereocenters. The molecular weight excluding hydrogens is 315 g/mol. The van der Waals surface area contributed by atoms with E-state index in [1.54, 1.807) is 12.1 Å². The van der Waals surface area contributed by atoms with Crippen molar-refractivity contribution in [1.29, 1.82) is 0 Å². The molecule has 0 fully saturated rings. The van der Waals surface area contributed by atoms with Crippen LogP contribution in [0.4, 0.5) is 15.8 Å². The van der Waals surface area contributed by atoms with Crippen LogP contribution < -0.4 is 9.80 Å². The van der Waals surface area contributed by atoms with Crippen molar-refractivity contribution in [3.63, 3.8) is 0 Å². The first kappa shape index (κ1) is 17.6. The van der Waals surface area contributed by atoms with Gasteiger partial charge in [0.2, 0.25) is 0 Å². The second-order valence-corrected chi connectivity index (χ2v) is 6.82. The summed E-state index contributed by atoms with van der Waals surface area (Å²) in [5, 5.41) is 0. The zero-order valence-electron chi connectivity index (χ0n) is 15.4. The van der Waals surface area contributed by atoms with Gasteiger partial charge in [-0.3, -0.25) is 0 Å². The molecule has 0 atom stereocenters. The van der Waals surface area contributed by atoms with Crippen molar-refractivity contribution in [3.05, 3.63) is 48.8 Å². The van der Waals surface area contributed by atoms with E-state index >= 15 is 0 Å². The molecule has 5 heteroatoms. The minimum atomic E-state index is -0.187. The largest absolute Gasteiger partial charge is 0.358 e. The van der Waals surface area contributed by atoms with Gasteiger partial charge in [0.1, 0.15) is 5.82 Å². The van der Waals surface area contributed by atoms with Gasteiger partial charge in [0.25, 0.3) is 0 Å². The highest BCUT2D eigenvalue weighted by Gasteiger charge is 2.18. The lowest BCUT2D eigenvalue weighted by Gasteiger charge is -2.24.